The molecule has 12 heavy (non-hydrogen) atoms. The first-order valence-electron chi connectivity index (χ1n) is 3.77. The van der Waals surface area contributed by atoms with Crippen LogP contribution in [0.1, 0.15) is 25.6 Å². The zero-order chi connectivity index (χ0) is 8.97. The zero-order valence-corrected chi connectivity index (χ0v) is 10.1. The summed E-state index contributed by atoms with van der Waals surface area (Å²) in [5, 5.41) is 7.83. The average Bonchev–Trinajstić information content (AvgIpc) is 2.48. The van der Waals surface area contributed by atoms with Gasteiger partial charge in [-0.3, -0.25) is 0 Å². The van der Waals surface area contributed by atoms with Crippen molar-refractivity contribution in [3.8, 4) is 0 Å². The summed E-state index contributed by atoms with van der Waals surface area (Å²) < 4.78 is 3.97. The number of allylic oxidation sites excluding steroid dienone is 1. The van der Waals surface area contributed by atoms with Crippen LogP contribution in [0.15, 0.2) is 12.3 Å². The van der Waals surface area contributed by atoms with E-state index in [4.69, 9.17) is 0 Å². The van der Waals surface area contributed by atoms with Crippen molar-refractivity contribution in [3.05, 3.63) is 18.0 Å². The number of hydrogen-bond acceptors (Lipinski definition) is 2. The van der Waals surface area contributed by atoms with Gasteiger partial charge < -0.3 is 0 Å². The Kier molecular flexibility index (Phi) is 3.54. The van der Waals surface area contributed by atoms with Crippen LogP contribution in [0.3, 0.4) is 0 Å². The van der Waals surface area contributed by atoms with Gasteiger partial charge in [0, 0.05) is 0 Å². The van der Waals surface area contributed by atoms with Gasteiger partial charge in [-0.2, -0.15) is 0 Å². The van der Waals surface area contributed by atoms with E-state index in [0.29, 0.717) is 6.04 Å². The Morgan fingerprint density at radius 3 is 2.92 bits per heavy atom. The number of hydrogen-bond donors (Lipinski definition) is 0. The molecule has 0 atom stereocenters. The van der Waals surface area contributed by atoms with Crippen molar-refractivity contribution in [2.45, 2.75) is 19.9 Å². The Labute approximate surface area is 82.9 Å². The van der Waals surface area contributed by atoms with Crippen LogP contribution < -0.4 is 0 Å². The van der Waals surface area contributed by atoms with Crippen molar-refractivity contribution in [1.29, 1.82) is 0 Å². The molecular formula is C8H11N3W. The van der Waals surface area contributed by atoms with Crippen molar-refractivity contribution >= 4 is 10.5 Å². The Balaban J connectivity index is 2.91. The van der Waals surface area contributed by atoms with Crippen molar-refractivity contribution in [2.24, 2.45) is 0 Å². The van der Waals surface area contributed by atoms with E-state index in [2.05, 4.69) is 28.6 Å². The second-order valence-corrected chi connectivity index (χ2v) is 3.67. The Morgan fingerprint density at radius 2 is 2.33 bits per heavy atom. The molecule has 0 aliphatic heterocycles. The van der Waals surface area contributed by atoms with Crippen LogP contribution in [-0.2, 0) is 19.4 Å². The van der Waals surface area contributed by atoms with Crippen LogP contribution in [-0.4, -0.2) is 19.4 Å². The molecule has 0 unspecified atom stereocenters. The summed E-state index contributed by atoms with van der Waals surface area (Å²) in [4.78, 5) is 0. The summed E-state index contributed by atoms with van der Waals surface area (Å²) in [7, 11) is 0. The summed E-state index contributed by atoms with van der Waals surface area (Å²) in [6, 6.07) is 0.372. The van der Waals surface area contributed by atoms with Crippen LogP contribution in [0.5, 0.6) is 0 Å². The Hall–Kier alpha value is -0.562. The molecule has 0 spiro atoms. The van der Waals surface area contributed by atoms with Gasteiger partial charge >= 0.3 is 82.7 Å². The van der Waals surface area contributed by atoms with Crippen molar-refractivity contribution in [3.63, 3.8) is 0 Å². The molecular weight excluding hydrogens is 322 g/mol. The van der Waals surface area contributed by atoms with Gasteiger partial charge in [-0.25, -0.2) is 0 Å². The van der Waals surface area contributed by atoms with Gasteiger partial charge in [-0.05, 0) is 0 Å². The predicted octanol–water partition coefficient (Wildman–Crippen LogP) is 1.22. The molecule has 3 nitrogen and oxygen atoms in total. The molecule has 0 fully saturated rings. The van der Waals surface area contributed by atoms with Gasteiger partial charge in [0.1, 0.15) is 0 Å². The molecule has 64 valence electrons. The van der Waals surface area contributed by atoms with E-state index in [1.165, 1.54) is 19.4 Å². The van der Waals surface area contributed by atoms with E-state index in [-0.39, 0.29) is 0 Å². The second kappa shape index (κ2) is 4.46. The molecule has 4 heteroatoms. The molecule has 0 saturated carbocycles. The van der Waals surface area contributed by atoms with E-state index < -0.39 is 0 Å². The fourth-order valence-corrected chi connectivity index (χ4v) is 1.19. The first-order chi connectivity index (χ1) is 5.75. The monoisotopic (exact) mass is 333 g/mol. The summed E-state index contributed by atoms with van der Waals surface area (Å²) in [6.07, 6.45) is 5.81. The van der Waals surface area contributed by atoms with Gasteiger partial charge in [0.05, 0.1) is 0 Å². The van der Waals surface area contributed by atoms with Crippen LogP contribution in [0.25, 0.3) is 6.08 Å². The van der Waals surface area contributed by atoms with Crippen molar-refractivity contribution in [1.82, 2.24) is 15.0 Å². The molecule has 1 aromatic rings. The minimum atomic E-state index is 0.372. The van der Waals surface area contributed by atoms with E-state index in [1.54, 1.807) is 6.20 Å². The molecule has 0 N–H and O–H groups in total. The molecule has 0 amide bonds. The molecule has 1 aromatic heterocycles. The van der Waals surface area contributed by atoms with Gasteiger partial charge in [0.25, 0.3) is 0 Å². The number of nitrogens with zero attached hydrogens (tertiary/aromatic N) is 3. The topological polar surface area (TPSA) is 30.7 Å². The summed E-state index contributed by atoms with van der Waals surface area (Å²) in [6.45, 7) is 4.18. The van der Waals surface area contributed by atoms with Crippen LogP contribution in [0, 0.1) is 0 Å². The molecule has 0 radical (unpaired) electrons. The summed E-state index contributed by atoms with van der Waals surface area (Å²) in [5.41, 5.74) is 1.06. The molecule has 1 rings (SSSR count). The standard InChI is InChI=1S/C8H11N3.W/c1-4-5-8-6-9-10-11(8)7(2)3;/h1,4-7H,2-3H3;/b5-4-;. The average molecular weight is 333 g/mol. The molecule has 1 heterocycles. The van der Waals surface area contributed by atoms with Crippen LogP contribution >= 0.6 is 0 Å². The van der Waals surface area contributed by atoms with Gasteiger partial charge in [-0.1, -0.05) is 0 Å². The Bertz CT molecular complexity index is 288. The maximum absolute atomic E-state index is 3.98. The third-order valence-electron chi connectivity index (χ3n) is 1.44. The van der Waals surface area contributed by atoms with Crippen LogP contribution in [0.4, 0.5) is 0 Å². The van der Waals surface area contributed by atoms with Gasteiger partial charge in [0.2, 0.25) is 0 Å². The predicted molar refractivity (Wildman–Crippen MR) is 45.5 cm³/mol. The maximum atomic E-state index is 3.98. The zero-order valence-electron chi connectivity index (χ0n) is 7.14. The van der Waals surface area contributed by atoms with E-state index in [9.17, 15) is 0 Å². The normalized spacial score (nSPS) is 11.2. The SMILES string of the molecule is CC(C)n1nncc1/C=C\[CH]=[W]. The molecule has 0 aliphatic carbocycles. The van der Waals surface area contributed by atoms with Crippen molar-refractivity contribution < 1.29 is 19.4 Å². The fraction of sp³-hybridized carbons (Fsp3) is 0.375. The molecule has 0 aliphatic rings. The van der Waals surface area contributed by atoms with Crippen molar-refractivity contribution in [2.75, 3.05) is 0 Å². The van der Waals surface area contributed by atoms with E-state index in [1.807, 2.05) is 16.8 Å². The number of aromatic nitrogens is 3. The quantitative estimate of drug-likeness (QED) is 0.833. The Morgan fingerprint density at radius 1 is 1.58 bits per heavy atom. The summed E-state index contributed by atoms with van der Waals surface area (Å²) in [5.74, 6) is 0. The first-order valence-corrected chi connectivity index (χ1v) is 5.47. The first kappa shape index (κ1) is 9.53. The van der Waals surface area contributed by atoms with E-state index in [0.717, 1.165) is 5.69 Å². The van der Waals surface area contributed by atoms with Crippen LogP contribution in [0.2, 0.25) is 0 Å². The fourth-order valence-electron chi connectivity index (χ4n) is 0.910. The molecule has 0 saturated heterocycles. The van der Waals surface area contributed by atoms with Gasteiger partial charge in [-0.15, -0.1) is 0 Å². The minimum absolute atomic E-state index is 0.372. The second-order valence-electron chi connectivity index (χ2n) is 2.69. The molecule has 0 bridgehead atoms. The third-order valence-corrected chi connectivity index (χ3v) is 2.00. The van der Waals surface area contributed by atoms with Gasteiger partial charge in [0.15, 0.2) is 0 Å². The number of rotatable bonds is 3. The summed E-state index contributed by atoms with van der Waals surface area (Å²) >= 11 is 1.45. The third kappa shape index (κ3) is 2.21. The molecule has 0 aromatic carbocycles. The van der Waals surface area contributed by atoms with E-state index >= 15 is 0 Å².